The third-order valence-electron chi connectivity index (χ3n) is 6.84. The van der Waals surface area contributed by atoms with Crippen LogP contribution in [0.4, 0.5) is 29.7 Å². The van der Waals surface area contributed by atoms with E-state index in [1.165, 1.54) is 21.9 Å². The number of benzene rings is 2. The number of amides is 3. The Kier molecular flexibility index (Phi) is 8.97. The zero-order valence-corrected chi connectivity index (χ0v) is 23.6. The number of cyclic esters (lactones) is 1. The fourth-order valence-corrected chi connectivity index (χ4v) is 4.79. The van der Waals surface area contributed by atoms with E-state index >= 15 is 8.78 Å². The molecular formula is C27H30F2N8O4S. The summed E-state index contributed by atoms with van der Waals surface area (Å²) in [5.41, 5.74) is 4.63. The molecule has 5 rings (SSSR count). The van der Waals surface area contributed by atoms with Crippen molar-refractivity contribution in [2.45, 2.75) is 12.6 Å². The maximum absolute atomic E-state index is 15.3. The highest BCUT2D eigenvalue weighted by molar-refractivity contribution is 7.80. The molecule has 12 nitrogen and oxygen atoms in total. The van der Waals surface area contributed by atoms with Crippen molar-refractivity contribution in [1.29, 1.82) is 0 Å². The molecule has 2 aliphatic heterocycles. The van der Waals surface area contributed by atoms with Crippen LogP contribution < -0.4 is 25.9 Å². The number of methoxy groups -OCH3 is 1. The van der Waals surface area contributed by atoms with Gasteiger partial charge in [0, 0.05) is 50.7 Å². The van der Waals surface area contributed by atoms with Crippen molar-refractivity contribution in [3.8, 4) is 5.69 Å². The minimum atomic E-state index is -0.823. The first-order chi connectivity index (χ1) is 20.3. The molecule has 2 fully saturated rings. The van der Waals surface area contributed by atoms with Gasteiger partial charge in [-0.25, -0.2) is 28.5 Å². The summed E-state index contributed by atoms with van der Waals surface area (Å²) >= 11 is 4.91. The van der Waals surface area contributed by atoms with Crippen LogP contribution in [0.15, 0.2) is 54.9 Å². The molecule has 3 heterocycles. The minimum Gasteiger partial charge on any atom is -0.474 e. The summed E-state index contributed by atoms with van der Waals surface area (Å²) in [6, 6.07) is 11.3. The van der Waals surface area contributed by atoms with Crippen LogP contribution >= 0.6 is 12.2 Å². The second-order valence-electron chi connectivity index (χ2n) is 9.57. The van der Waals surface area contributed by atoms with Gasteiger partial charge >= 0.3 is 12.1 Å². The van der Waals surface area contributed by atoms with E-state index in [1.807, 2.05) is 36.5 Å². The molecule has 0 bridgehead atoms. The number of ether oxygens (including phenoxy) is 2. The number of halogens is 2. The van der Waals surface area contributed by atoms with E-state index in [2.05, 4.69) is 21.2 Å². The molecule has 0 radical (unpaired) electrons. The fourth-order valence-electron chi connectivity index (χ4n) is 4.71. The van der Waals surface area contributed by atoms with E-state index in [0.29, 0.717) is 6.54 Å². The molecule has 222 valence electrons. The quantitative estimate of drug-likeness (QED) is 0.352. The van der Waals surface area contributed by atoms with Gasteiger partial charge in [0.05, 0.1) is 38.1 Å². The van der Waals surface area contributed by atoms with Gasteiger partial charge in [-0.1, -0.05) is 12.1 Å². The van der Waals surface area contributed by atoms with Gasteiger partial charge < -0.3 is 25.0 Å². The number of urea groups is 1. The van der Waals surface area contributed by atoms with E-state index in [0.717, 1.165) is 23.4 Å². The summed E-state index contributed by atoms with van der Waals surface area (Å²) in [6.45, 7) is 1.49. The molecule has 0 saturated carbocycles. The Morgan fingerprint density at radius 2 is 1.90 bits per heavy atom. The maximum Gasteiger partial charge on any atom is 0.414 e. The predicted molar refractivity (Wildman–Crippen MR) is 154 cm³/mol. The molecule has 2 aliphatic rings. The van der Waals surface area contributed by atoms with Gasteiger partial charge in [-0.2, -0.15) is 5.10 Å². The molecule has 15 heteroatoms. The summed E-state index contributed by atoms with van der Waals surface area (Å²) in [5.74, 6) is -1.65. The third kappa shape index (κ3) is 6.69. The van der Waals surface area contributed by atoms with Gasteiger partial charge in [0.15, 0.2) is 11.6 Å². The summed E-state index contributed by atoms with van der Waals surface area (Å²) in [4.78, 5) is 27.9. The number of nitrogens with zero attached hydrogens (tertiary/aromatic N) is 5. The summed E-state index contributed by atoms with van der Waals surface area (Å²) in [6.07, 6.45) is 2.25. The topological polar surface area (TPSA) is 116 Å². The van der Waals surface area contributed by atoms with Gasteiger partial charge in [0.1, 0.15) is 11.8 Å². The molecule has 42 heavy (non-hydrogen) atoms. The van der Waals surface area contributed by atoms with Crippen molar-refractivity contribution in [2.75, 3.05) is 56.2 Å². The Balaban J connectivity index is 1.16. The van der Waals surface area contributed by atoms with E-state index in [-0.39, 0.29) is 61.8 Å². The molecule has 3 N–H and O–H groups in total. The largest absolute Gasteiger partial charge is 0.474 e. The Hall–Kier alpha value is -4.50. The van der Waals surface area contributed by atoms with Crippen molar-refractivity contribution in [3.63, 3.8) is 0 Å². The predicted octanol–water partition coefficient (Wildman–Crippen LogP) is 2.53. The van der Waals surface area contributed by atoms with Crippen LogP contribution in [0.2, 0.25) is 0 Å². The van der Waals surface area contributed by atoms with Crippen molar-refractivity contribution in [3.05, 3.63) is 72.1 Å². The first-order valence-electron chi connectivity index (χ1n) is 13.2. The zero-order chi connectivity index (χ0) is 29.6. The van der Waals surface area contributed by atoms with E-state index in [9.17, 15) is 9.59 Å². The minimum absolute atomic E-state index is 0.0437. The van der Waals surface area contributed by atoms with E-state index in [1.54, 1.807) is 10.9 Å². The average Bonchev–Trinajstić information content (AvgIpc) is 3.59. The molecule has 3 aromatic rings. The number of carbonyl (C=O) groups is 2. The van der Waals surface area contributed by atoms with Crippen LogP contribution in [0, 0.1) is 11.6 Å². The smallest absolute Gasteiger partial charge is 0.414 e. The molecule has 2 aromatic carbocycles. The fraction of sp³-hybridized carbons (Fsp3) is 0.333. The first kappa shape index (κ1) is 29.0. The standard InChI is InChI=1S/C27H30F2N8O4S/c1-40-26(42)31-16-21-17-35(27(39)41-21)20-13-22(28)24(23(29)14-20)34-10-8-33-37(12-11-34)25(38)30-15-18-3-5-19(6-4-18)36-9-2-7-32-36/h2-7,9,13-14,21,33H,8,10-12,15-17H2,1H3,(H,30,38)(H,31,42)/t21-/m0/s1. The molecule has 1 aromatic heterocycles. The number of hydrogen-bond donors (Lipinski definition) is 3. The lowest BCUT2D eigenvalue weighted by Gasteiger charge is -2.25. The lowest BCUT2D eigenvalue weighted by atomic mass is 10.2. The highest BCUT2D eigenvalue weighted by Gasteiger charge is 2.34. The third-order valence-corrected chi connectivity index (χ3v) is 7.15. The van der Waals surface area contributed by atoms with Gasteiger partial charge in [0.25, 0.3) is 5.17 Å². The van der Waals surface area contributed by atoms with Crippen LogP contribution in [0.3, 0.4) is 0 Å². The Labute approximate surface area is 246 Å². The highest BCUT2D eigenvalue weighted by atomic mass is 32.1. The number of thiocarbonyl (C=S) groups is 1. The molecule has 0 aliphatic carbocycles. The molecule has 1 atom stereocenters. The molecule has 0 spiro atoms. The number of anilines is 2. The molecule has 0 unspecified atom stereocenters. The van der Waals surface area contributed by atoms with E-state index < -0.39 is 23.8 Å². The van der Waals surface area contributed by atoms with E-state index in [4.69, 9.17) is 21.7 Å². The summed E-state index contributed by atoms with van der Waals surface area (Å²) in [5, 5.41) is 11.4. The van der Waals surface area contributed by atoms with Crippen molar-refractivity contribution in [2.24, 2.45) is 0 Å². The number of nitrogens with one attached hydrogen (secondary N) is 3. The molecule has 3 amide bonds. The number of hydrazine groups is 1. The van der Waals surface area contributed by atoms with Crippen LogP contribution in [0.1, 0.15) is 5.56 Å². The lowest BCUT2D eigenvalue weighted by Crippen LogP contribution is -2.48. The maximum atomic E-state index is 15.3. The second-order valence-corrected chi connectivity index (χ2v) is 9.94. The van der Waals surface area contributed by atoms with Crippen LogP contribution in [0.25, 0.3) is 5.69 Å². The van der Waals surface area contributed by atoms with Crippen molar-refractivity contribution < 1.29 is 27.8 Å². The van der Waals surface area contributed by atoms with Gasteiger partial charge in [-0.3, -0.25) is 9.91 Å². The average molecular weight is 601 g/mol. The number of rotatable bonds is 7. The van der Waals surface area contributed by atoms with Crippen LogP contribution in [0.5, 0.6) is 0 Å². The summed E-state index contributed by atoms with van der Waals surface area (Å²) < 4.78 is 42.4. The Bertz CT molecular complexity index is 1400. The second kappa shape index (κ2) is 13.0. The first-order valence-corrected chi connectivity index (χ1v) is 13.6. The summed E-state index contributed by atoms with van der Waals surface area (Å²) in [7, 11) is 1.41. The van der Waals surface area contributed by atoms with Crippen LogP contribution in [-0.2, 0) is 16.0 Å². The Morgan fingerprint density at radius 1 is 1.14 bits per heavy atom. The zero-order valence-electron chi connectivity index (χ0n) is 22.8. The number of carbonyl (C=O) groups excluding carboxylic acids is 2. The van der Waals surface area contributed by atoms with Crippen molar-refractivity contribution in [1.82, 2.24) is 30.8 Å². The van der Waals surface area contributed by atoms with Crippen molar-refractivity contribution >= 4 is 40.9 Å². The van der Waals surface area contributed by atoms with Crippen LogP contribution in [-0.4, -0.2) is 84.6 Å². The Morgan fingerprint density at radius 3 is 2.60 bits per heavy atom. The van der Waals surface area contributed by atoms with Gasteiger partial charge in [-0.15, -0.1) is 0 Å². The molecular weight excluding hydrogens is 570 g/mol. The van der Waals surface area contributed by atoms with Gasteiger partial charge in [0.2, 0.25) is 0 Å². The molecule has 2 saturated heterocycles. The highest BCUT2D eigenvalue weighted by Crippen LogP contribution is 2.31. The lowest BCUT2D eigenvalue weighted by molar-refractivity contribution is 0.142. The normalized spacial score (nSPS) is 17.1. The number of hydrogen-bond acceptors (Lipinski definition) is 8. The number of aromatic nitrogens is 2. The van der Waals surface area contributed by atoms with Gasteiger partial charge in [-0.05, 0) is 36.0 Å². The SMILES string of the molecule is COC(=S)NC[C@H]1CN(c2cc(F)c(N3CCNN(C(=O)NCc4ccc(-n5cccn5)cc4)CC3)c(F)c2)C(=O)O1. The monoisotopic (exact) mass is 600 g/mol.